The highest BCUT2D eigenvalue weighted by atomic mass is 16.5. The van der Waals surface area contributed by atoms with Crippen molar-refractivity contribution in [3.63, 3.8) is 0 Å². The Morgan fingerprint density at radius 1 is 1.23 bits per heavy atom. The lowest BCUT2D eigenvalue weighted by atomic mass is 9.98. The average Bonchev–Trinajstić information content (AvgIpc) is 3.15. The molecular weight excluding hydrogens is 324 g/mol. The lowest BCUT2D eigenvalue weighted by molar-refractivity contribution is 0.0633. The highest BCUT2D eigenvalue weighted by Gasteiger charge is 2.25. The molecule has 1 aliphatic rings. The Kier molecular flexibility index (Phi) is 4.65. The molecule has 0 aliphatic carbocycles. The van der Waals surface area contributed by atoms with Gasteiger partial charge in [0, 0.05) is 41.7 Å². The Bertz CT molecular complexity index is 915. The van der Waals surface area contributed by atoms with Crippen molar-refractivity contribution in [2.75, 3.05) is 19.7 Å². The first kappa shape index (κ1) is 16.7. The van der Waals surface area contributed by atoms with Crippen LogP contribution in [0.25, 0.3) is 10.9 Å². The molecule has 4 nitrogen and oxygen atoms in total. The van der Waals surface area contributed by atoms with Gasteiger partial charge in [-0.2, -0.15) is 0 Å². The fraction of sp³-hybridized carbons (Fsp3) is 0.318. The van der Waals surface area contributed by atoms with E-state index in [1.165, 1.54) is 0 Å². The monoisotopic (exact) mass is 348 g/mol. The topological polar surface area (TPSA) is 45.3 Å². The number of piperidine rings is 1. The van der Waals surface area contributed by atoms with Crippen LogP contribution in [-0.2, 0) is 0 Å². The quantitative estimate of drug-likeness (QED) is 0.759. The van der Waals surface area contributed by atoms with Crippen LogP contribution in [0.4, 0.5) is 0 Å². The second-order valence-corrected chi connectivity index (χ2v) is 7.12. The number of nitrogens with one attached hydrogen (secondary N) is 1. The number of aromatic amines is 1. The number of carbonyl (C=O) groups is 1. The van der Waals surface area contributed by atoms with E-state index in [9.17, 15) is 4.79 Å². The van der Waals surface area contributed by atoms with Gasteiger partial charge in [-0.15, -0.1) is 0 Å². The van der Waals surface area contributed by atoms with Crippen molar-refractivity contribution in [2.45, 2.75) is 19.8 Å². The average molecular weight is 348 g/mol. The van der Waals surface area contributed by atoms with Gasteiger partial charge in [0.25, 0.3) is 5.91 Å². The molecule has 4 rings (SSSR count). The predicted molar refractivity (Wildman–Crippen MR) is 104 cm³/mol. The fourth-order valence-corrected chi connectivity index (χ4v) is 3.68. The third-order valence-corrected chi connectivity index (χ3v) is 5.17. The Balaban J connectivity index is 1.41. The van der Waals surface area contributed by atoms with Gasteiger partial charge in [-0.05, 0) is 55.7 Å². The minimum absolute atomic E-state index is 0.119. The number of fused-ring (bicyclic) bond motifs is 1. The van der Waals surface area contributed by atoms with Crippen molar-refractivity contribution >= 4 is 16.8 Å². The second kappa shape index (κ2) is 7.24. The maximum atomic E-state index is 12.9. The van der Waals surface area contributed by atoms with Crippen LogP contribution in [0.5, 0.6) is 5.75 Å². The Hall–Kier alpha value is -2.75. The van der Waals surface area contributed by atoms with Crippen molar-refractivity contribution in [1.82, 2.24) is 9.88 Å². The number of nitrogens with zero attached hydrogens (tertiary/aromatic N) is 1. The second-order valence-electron chi connectivity index (χ2n) is 7.12. The first-order valence-corrected chi connectivity index (χ1v) is 9.25. The van der Waals surface area contributed by atoms with E-state index in [1.54, 1.807) is 0 Å². The van der Waals surface area contributed by atoms with Crippen LogP contribution < -0.4 is 4.74 Å². The van der Waals surface area contributed by atoms with E-state index in [-0.39, 0.29) is 5.91 Å². The van der Waals surface area contributed by atoms with Gasteiger partial charge < -0.3 is 14.6 Å². The van der Waals surface area contributed by atoms with Crippen LogP contribution in [0.2, 0.25) is 0 Å². The highest BCUT2D eigenvalue weighted by Crippen LogP contribution is 2.23. The summed E-state index contributed by atoms with van der Waals surface area (Å²) in [7, 11) is 0. The van der Waals surface area contributed by atoms with Crippen LogP contribution >= 0.6 is 0 Å². The highest BCUT2D eigenvalue weighted by molar-refractivity contribution is 5.98. The molecule has 134 valence electrons. The summed E-state index contributed by atoms with van der Waals surface area (Å²) in [6.07, 6.45) is 4.03. The number of para-hydroxylation sites is 1. The summed E-state index contributed by atoms with van der Waals surface area (Å²) in [4.78, 5) is 18.1. The number of H-pyrrole nitrogens is 1. The summed E-state index contributed by atoms with van der Waals surface area (Å²) in [5, 5.41) is 1.08. The van der Waals surface area contributed by atoms with Gasteiger partial charge in [-0.1, -0.05) is 18.2 Å². The summed E-state index contributed by atoms with van der Waals surface area (Å²) in [6.45, 7) is 4.30. The van der Waals surface area contributed by atoms with E-state index in [1.807, 2.05) is 53.6 Å². The number of carbonyl (C=O) groups excluding carboxylic acids is 1. The van der Waals surface area contributed by atoms with Gasteiger partial charge in [0.15, 0.2) is 0 Å². The summed E-state index contributed by atoms with van der Waals surface area (Å²) < 4.78 is 6.02. The van der Waals surface area contributed by atoms with E-state index >= 15 is 0 Å². The molecule has 0 radical (unpaired) electrons. The van der Waals surface area contributed by atoms with Crippen molar-refractivity contribution in [1.29, 1.82) is 0 Å². The number of hydrogen-bond acceptors (Lipinski definition) is 2. The molecule has 0 saturated carbocycles. The summed E-state index contributed by atoms with van der Waals surface area (Å²) >= 11 is 0. The van der Waals surface area contributed by atoms with Gasteiger partial charge in [0.2, 0.25) is 0 Å². The van der Waals surface area contributed by atoms with Gasteiger partial charge >= 0.3 is 0 Å². The van der Waals surface area contributed by atoms with Crippen LogP contribution in [0, 0.1) is 12.8 Å². The van der Waals surface area contributed by atoms with Crippen molar-refractivity contribution < 1.29 is 9.53 Å². The standard InChI is InChI=1S/C22H24N2O2/c1-16-5-2-3-7-21(16)26-15-17-6-4-12-24(14-17)22(25)19-8-9-20-18(13-19)10-11-23-20/h2-3,5,7-11,13,17,23H,4,6,12,14-15H2,1H3/t17-/m1/s1. The molecule has 3 aromatic rings. The third-order valence-electron chi connectivity index (χ3n) is 5.17. The van der Waals surface area contributed by atoms with E-state index < -0.39 is 0 Å². The predicted octanol–water partition coefficient (Wildman–Crippen LogP) is 4.41. The third kappa shape index (κ3) is 3.45. The first-order chi connectivity index (χ1) is 12.7. The molecule has 26 heavy (non-hydrogen) atoms. The largest absolute Gasteiger partial charge is 0.493 e. The lowest BCUT2D eigenvalue weighted by Gasteiger charge is -2.33. The van der Waals surface area contributed by atoms with E-state index in [2.05, 4.69) is 18.0 Å². The molecule has 0 spiro atoms. The van der Waals surface area contributed by atoms with E-state index in [0.29, 0.717) is 12.5 Å². The summed E-state index contributed by atoms with van der Waals surface area (Å²) in [5.41, 5.74) is 2.97. The molecule has 2 heterocycles. The molecule has 1 aliphatic heterocycles. The molecule has 0 unspecified atom stereocenters. The zero-order valence-electron chi connectivity index (χ0n) is 15.1. The Morgan fingerprint density at radius 2 is 2.12 bits per heavy atom. The molecule has 1 N–H and O–H groups in total. The molecule has 4 heteroatoms. The maximum Gasteiger partial charge on any atom is 0.253 e. The van der Waals surface area contributed by atoms with Crippen LogP contribution in [0.15, 0.2) is 54.7 Å². The molecule has 1 aromatic heterocycles. The van der Waals surface area contributed by atoms with Crippen molar-refractivity contribution in [3.05, 3.63) is 65.9 Å². The van der Waals surface area contributed by atoms with Crippen LogP contribution in [0.1, 0.15) is 28.8 Å². The molecular formula is C22H24N2O2. The number of rotatable bonds is 4. The van der Waals surface area contributed by atoms with E-state index in [4.69, 9.17) is 4.74 Å². The van der Waals surface area contributed by atoms with Crippen molar-refractivity contribution in [2.24, 2.45) is 5.92 Å². The van der Waals surface area contributed by atoms with Gasteiger partial charge in [0.05, 0.1) is 6.61 Å². The van der Waals surface area contributed by atoms with Crippen LogP contribution in [-0.4, -0.2) is 35.5 Å². The van der Waals surface area contributed by atoms with Crippen molar-refractivity contribution in [3.8, 4) is 5.75 Å². The van der Waals surface area contributed by atoms with Gasteiger partial charge in [-0.3, -0.25) is 4.79 Å². The fourth-order valence-electron chi connectivity index (χ4n) is 3.68. The Morgan fingerprint density at radius 3 is 3.00 bits per heavy atom. The molecule has 1 fully saturated rings. The summed E-state index contributed by atoms with van der Waals surface area (Å²) in [6, 6.07) is 15.9. The minimum atomic E-state index is 0.119. The van der Waals surface area contributed by atoms with E-state index in [0.717, 1.165) is 53.7 Å². The van der Waals surface area contributed by atoms with Gasteiger partial charge in [0.1, 0.15) is 5.75 Å². The molecule has 1 saturated heterocycles. The molecule has 0 bridgehead atoms. The number of likely N-dealkylation sites (tertiary alicyclic amines) is 1. The zero-order valence-corrected chi connectivity index (χ0v) is 15.1. The SMILES string of the molecule is Cc1ccccc1OC[C@@H]1CCCN(C(=O)c2ccc3[nH]ccc3c2)C1. The maximum absolute atomic E-state index is 12.9. The number of hydrogen-bond donors (Lipinski definition) is 1. The smallest absolute Gasteiger partial charge is 0.253 e. The lowest BCUT2D eigenvalue weighted by Crippen LogP contribution is -2.41. The number of ether oxygens (including phenoxy) is 1. The number of aryl methyl sites for hydroxylation is 1. The normalized spacial score (nSPS) is 17.4. The number of benzene rings is 2. The van der Waals surface area contributed by atoms with Crippen LogP contribution in [0.3, 0.4) is 0 Å². The minimum Gasteiger partial charge on any atom is -0.493 e. The first-order valence-electron chi connectivity index (χ1n) is 9.25. The molecule has 2 aromatic carbocycles. The number of amides is 1. The molecule has 1 amide bonds. The number of aromatic nitrogens is 1. The van der Waals surface area contributed by atoms with Gasteiger partial charge in [-0.25, -0.2) is 0 Å². The molecule has 1 atom stereocenters. The zero-order chi connectivity index (χ0) is 17.9. The Labute approximate surface area is 153 Å². The summed E-state index contributed by atoms with van der Waals surface area (Å²) in [5.74, 6) is 1.44.